The summed E-state index contributed by atoms with van der Waals surface area (Å²) in [5.74, 6) is -2.39. The lowest BCUT2D eigenvalue weighted by atomic mass is 10.0. The molecule has 0 saturated heterocycles. The second-order valence-corrected chi connectivity index (χ2v) is 14.6. The number of phosphoric acid groups is 1. The number of carbonyl (C=O) groups is 3. The number of carboxylic acid groups (broad SMARTS) is 1. The molecule has 3 unspecified atom stereocenters. The van der Waals surface area contributed by atoms with Crippen LogP contribution in [0.25, 0.3) is 0 Å². The average Bonchev–Trinajstić information content (AvgIpc) is 3.05. The van der Waals surface area contributed by atoms with E-state index in [1.165, 1.54) is 103 Å². The zero-order chi connectivity index (χ0) is 35.7. The summed E-state index contributed by atoms with van der Waals surface area (Å²) >= 11 is 0. The van der Waals surface area contributed by atoms with Gasteiger partial charge in [0, 0.05) is 12.8 Å². The van der Waals surface area contributed by atoms with Crippen molar-refractivity contribution in [2.24, 2.45) is 0 Å². The third-order valence-electron chi connectivity index (χ3n) is 8.40. The highest BCUT2D eigenvalue weighted by molar-refractivity contribution is 7.47. The molecule has 0 heterocycles. The highest BCUT2D eigenvalue weighted by Crippen LogP contribution is 2.43. The summed E-state index contributed by atoms with van der Waals surface area (Å²) in [6.07, 6.45) is 28.0. The Hall–Kier alpha value is -1.52. The number of aliphatic hydroxyl groups excluding tert-OH is 1. The SMILES string of the molecule is CCCCCCCCCCCCCCCCCCCCCCC(=O)OCC(O)COP(=O)(O)OCC(NC(=O)CCCCCC)C(=O)O. The van der Waals surface area contributed by atoms with Gasteiger partial charge in [-0.2, -0.15) is 0 Å². The van der Waals surface area contributed by atoms with Crippen LogP contribution in [0.5, 0.6) is 0 Å². The minimum absolute atomic E-state index is 0.140. The minimum Gasteiger partial charge on any atom is -0.480 e. The molecule has 0 fully saturated rings. The maximum atomic E-state index is 12.1. The molecule has 12 heteroatoms. The van der Waals surface area contributed by atoms with Crippen molar-refractivity contribution >= 4 is 25.7 Å². The van der Waals surface area contributed by atoms with Crippen molar-refractivity contribution in [3.63, 3.8) is 0 Å². The molecular formula is C36H70NO10P. The Bertz CT molecular complexity index is 844. The van der Waals surface area contributed by atoms with Gasteiger partial charge in [0.1, 0.15) is 12.7 Å². The number of aliphatic hydroxyl groups is 1. The summed E-state index contributed by atoms with van der Waals surface area (Å²) in [7, 11) is -4.73. The molecule has 11 nitrogen and oxygen atoms in total. The number of esters is 1. The van der Waals surface area contributed by atoms with E-state index in [4.69, 9.17) is 13.8 Å². The van der Waals surface area contributed by atoms with E-state index in [0.29, 0.717) is 12.8 Å². The van der Waals surface area contributed by atoms with Crippen LogP contribution in [0.15, 0.2) is 0 Å². The molecule has 0 aliphatic carbocycles. The third kappa shape index (κ3) is 31.7. The second-order valence-electron chi connectivity index (χ2n) is 13.1. The van der Waals surface area contributed by atoms with E-state index in [0.717, 1.165) is 38.5 Å². The van der Waals surface area contributed by atoms with E-state index >= 15 is 0 Å². The molecule has 0 aromatic rings. The molecule has 0 aliphatic rings. The van der Waals surface area contributed by atoms with Crippen LogP contribution in [0.2, 0.25) is 0 Å². The van der Waals surface area contributed by atoms with E-state index < -0.39 is 57.6 Å². The number of nitrogens with one attached hydrogen (secondary N) is 1. The molecule has 1 amide bonds. The highest BCUT2D eigenvalue weighted by atomic mass is 31.2. The van der Waals surface area contributed by atoms with Gasteiger partial charge in [-0.25, -0.2) is 9.36 Å². The Morgan fingerprint density at radius 2 is 0.958 bits per heavy atom. The van der Waals surface area contributed by atoms with Crippen LogP contribution in [0.4, 0.5) is 0 Å². The molecule has 0 aromatic carbocycles. The fraction of sp³-hybridized carbons (Fsp3) is 0.917. The van der Waals surface area contributed by atoms with Gasteiger partial charge < -0.3 is 25.2 Å². The van der Waals surface area contributed by atoms with Crippen molar-refractivity contribution in [1.29, 1.82) is 0 Å². The number of phosphoric ester groups is 1. The number of carbonyl (C=O) groups excluding carboxylic acids is 2. The van der Waals surface area contributed by atoms with Crippen LogP contribution in [0.3, 0.4) is 0 Å². The molecule has 0 bridgehead atoms. The molecule has 0 aromatic heterocycles. The number of amides is 1. The maximum Gasteiger partial charge on any atom is 0.472 e. The number of ether oxygens (including phenoxy) is 1. The largest absolute Gasteiger partial charge is 0.480 e. The summed E-state index contributed by atoms with van der Waals surface area (Å²) in [5, 5.41) is 21.5. The van der Waals surface area contributed by atoms with Gasteiger partial charge in [0.05, 0.1) is 13.2 Å². The summed E-state index contributed by atoms with van der Waals surface area (Å²) in [5.41, 5.74) is 0. The smallest absolute Gasteiger partial charge is 0.472 e. The quantitative estimate of drug-likeness (QED) is 0.0281. The molecule has 3 atom stereocenters. The van der Waals surface area contributed by atoms with Gasteiger partial charge in [-0.3, -0.25) is 18.6 Å². The standard InChI is InChI=1S/C36H70NO10P/c1-3-5-7-9-10-11-12-13-14-15-16-17-18-19-20-21-22-23-24-26-28-35(40)45-29-32(38)30-46-48(43,44)47-31-33(36(41)42)37-34(39)27-25-8-6-4-2/h32-33,38H,3-31H2,1-2H3,(H,37,39)(H,41,42)(H,43,44). The normalized spacial score (nSPS) is 13.9. The molecule has 0 radical (unpaired) electrons. The monoisotopic (exact) mass is 707 g/mol. The summed E-state index contributed by atoms with van der Waals surface area (Å²) in [4.78, 5) is 45.1. The van der Waals surface area contributed by atoms with E-state index in [2.05, 4.69) is 12.2 Å². The number of hydrogen-bond acceptors (Lipinski definition) is 8. The first-order valence-corrected chi connectivity index (χ1v) is 20.6. The first-order chi connectivity index (χ1) is 23.1. The Kier molecular flexibility index (Phi) is 31.6. The highest BCUT2D eigenvalue weighted by Gasteiger charge is 2.28. The van der Waals surface area contributed by atoms with Crippen LogP contribution >= 0.6 is 7.82 Å². The molecule has 0 saturated carbocycles. The number of hydrogen-bond donors (Lipinski definition) is 4. The number of carboxylic acids is 1. The van der Waals surface area contributed by atoms with Crippen LogP contribution < -0.4 is 5.32 Å². The van der Waals surface area contributed by atoms with Crippen molar-refractivity contribution in [2.75, 3.05) is 19.8 Å². The van der Waals surface area contributed by atoms with Crippen molar-refractivity contribution in [1.82, 2.24) is 5.32 Å². The topological polar surface area (TPSA) is 169 Å². The van der Waals surface area contributed by atoms with Gasteiger partial charge in [0.15, 0.2) is 6.04 Å². The van der Waals surface area contributed by atoms with Crippen LogP contribution in [0, 0.1) is 0 Å². The fourth-order valence-electron chi connectivity index (χ4n) is 5.37. The van der Waals surface area contributed by atoms with Crippen LogP contribution in [0.1, 0.15) is 181 Å². The zero-order valence-electron chi connectivity index (χ0n) is 30.3. The van der Waals surface area contributed by atoms with E-state index in [1.807, 2.05) is 6.92 Å². The lowest BCUT2D eigenvalue weighted by Crippen LogP contribution is -2.43. The molecule has 0 rings (SSSR count). The fourth-order valence-corrected chi connectivity index (χ4v) is 6.15. The Labute approximate surface area is 291 Å². The molecule has 48 heavy (non-hydrogen) atoms. The zero-order valence-corrected chi connectivity index (χ0v) is 31.2. The molecular weight excluding hydrogens is 637 g/mol. The molecule has 0 aliphatic heterocycles. The lowest BCUT2D eigenvalue weighted by molar-refractivity contribution is -0.147. The van der Waals surface area contributed by atoms with Gasteiger partial charge in [-0.15, -0.1) is 0 Å². The number of aliphatic carboxylic acids is 1. The average molecular weight is 708 g/mol. The van der Waals surface area contributed by atoms with E-state index in [1.54, 1.807) is 0 Å². The first kappa shape index (κ1) is 46.5. The predicted octanol–water partition coefficient (Wildman–Crippen LogP) is 8.78. The van der Waals surface area contributed by atoms with Crippen molar-refractivity contribution in [2.45, 2.75) is 193 Å². The molecule has 0 spiro atoms. The van der Waals surface area contributed by atoms with Crippen LogP contribution in [-0.2, 0) is 32.7 Å². The second kappa shape index (κ2) is 32.7. The Balaban J connectivity index is 3.73. The number of unbranched alkanes of at least 4 members (excludes halogenated alkanes) is 22. The van der Waals surface area contributed by atoms with Gasteiger partial charge in [-0.1, -0.05) is 155 Å². The predicted molar refractivity (Wildman–Crippen MR) is 190 cm³/mol. The molecule has 284 valence electrons. The van der Waals surface area contributed by atoms with E-state index in [-0.39, 0.29) is 12.8 Å². The van der Waals surface area contributed by atoms with Gasteiger partial charge in [-0.05, 0) is 12.8 Å². The van der Waals surface area contributed by atoms with Crippen molar-refractivity contribution in [3.8, 4) is 0 Å². The van der Waals surface area contributed by atoms with Crippen molar-refractivity contribution < 1.29 is 47.8 Å². The number of rotatable bonds is 36. The van der Waals surface area contributed by atoms with Crippen LogP contribution in [-0.4, -0.2) is 64.9 Å². The summed E-state index contributed by atoms with van der Waals surface area (Å²) in [6.45, 7) is 2.42. The third-order valence-corrected chi connectivity index (χ3v) is 9.35. The van der Waals surface area contributed by atoms with Crippen molar-refractivity contribution in [3.05, 3.63) is 0 Å². The van der Waals surface area contributed by atoms with Gasteiger partial charge >= 0.3 is 19.8 Å². The van der Waals surface area contributed by atoms with Gasteiger partial charge in [0.2, 0.25) is 5.91 Å². The summed E-state index contributed by atoms with van der Waals surface area (Å²) in [6, 6.07) is -1.53. The van der Waals surface area contributed by atoms with E-state index in [9.17, 15) is 34.1 Å². The molecule has 4 N–H and O–H groups in total. The lowest BCUT2D eigenvalue weighted by Gasteiger charge is -2.18. The Morgan fingerprint density at radius 3 is 1.40 bits per heavy atom. The van der Waals surface area contributed by atoms with Gasteiger partial charge in [0.25, 0.3) is 0 Å². The maximum absolute atomic E-state index is 12.1. The Morgan fingerprint density at radius 1 is 0.583 bits per heavy atom. The summed E-state index contributed by atoms with van der Waals surface area (Å²) < 4.78 is 26.5. The minimum atomic E-state index is -4.73. The first-order valence-electron chi connectivity index (χ1n) is 19.1.